The highest BCUT2D eigenvalue weighted by molar-refractivity contribution is 6.06. The van der Waals surface area contributed by atoms with E-state index in [4.69, 9.17) is 4.74 Å². The van der Waals surface area contributed by atoms with Crippen molar-refractivity contribution in [1.82, 2.24) is 14.8 Å². The molecule has 1 amide bonds. The van der Waals surface area contributed by atoms with E-state index in [2.05, 4.69) is 48.3 Å². The van der Waals surface area contributed by atoms with Gasteiger partial charge in [-0.1, -0.05) is 48.5 Å². The fraction of sp³-hybridized carbons (Fsp3) is 0.267. The van der Waals surface area contributed by atoms with E-state index in [1.807, 2.05) is 36.4 Å². The van der Waals surface area contributed by atoms with Crippen molar-refractivity contribution in [2.75, 3.05) is 20.2 Å². The molecule has 1 N–H and O–H groups in total. The lowest BCUT2D eigenvalue weighted by Gasteiger charge is -2.26. The molecular formula is C30H33N3O3. The Bertz CT molecular complexity index is 1360. The van der Waals surface area contributed by atoms with E-state index in [1.54, 1.807) is 31.5 Å². The summed E-state index contributed by atoms with van der Waals surface area (Å²) < 4.78 is 6.76. The molecule has 4 rings (SSSR count). The Morgan fingerprint density at radius 3 is 2.28 bits per heavy atom. The fourth-order valence-corrected chi connectivity index (χ4v) is 4.32. The summed E-state index contributed by atoms with van der Waals surface area (Å²) in [6.45, 7) is 6.68. The number of nitrogens with zero attached hydrogens (tertiary/aromatic N) is 2. The van der Waals surface area contributed by atoms with Gasteiger partial charge in [-0.3, -0.25) is 19.1 Å². The van der Waals surface area contributed by atoms with Gasteiger partial charge in [0.05, 0.1) is 12.7 Å². The fourth-order valence-electron chi connectivity index (χ4n) is 4.32. The number of pyridine rings is 1. The van der Waals surface area contributed by atoms with Crippen molar-refractivity contribution in [3.63, 3.8) is 0 Å². The third-order valence-electron chi connectivity index (χ3n) is 6.39. The molecular weight excluding hydrogens is 450 g/mol. The summed E-state index contributed by atoms with van der Waals surface area (Å²) in [5, 5.41) is 4.22. The molecule has 0 aliphatic heterocycles. The van der Waals surface area contributed by atoms with Gasteiger partial charge in [-0.25, -0.2) is 0 Å². The molecule has 0 saturated heterocycles. The minimum atomic E-state index is -0.187. The summed E-state index contributed by atoms with van der Waals surface area (Å²) in [5.41, 5.74) is 2.27. The molecule has 186 valence electrons. The SMILES string of the molecule is COc1ccc(-n2cc(C(=O)NCCCN(Cc3ccccc3)C(C)C)c3ccccc3c2=O)cc1. The Labute approximate surface area is 212 Å². The predicted molar refractivity (Wildman–Crippen MR) is 145 cm³/mol. The van der Waals surface area contributed by atoms with Gasteiger partial charge in [-0.2, -0.15) is 0 Å². The third kappa shape index (κ3) is 5.83. The van der Waals surface area contributed by atoms with Crippen LogP contribution in [0.15, 0.2) is 89.9 Å². The van der Waals surface area contributed by atoms with Crippen molar-refractivity contribution in [1.29, 1.82) is 0 Å². The van der Waals surface area contributed by atoms with Gasteiger partial charge in [-0.15, -0.1) is 0 Å². The van der Waals surface area contributed by atoms with Crippen LogP contribution < -0.4 is 15.6 Å². The van der Waals surface area contributed by atoms with Gasteiger partial charge in [0.25, 0.3) is 11.5 Å². The first-order valence-electron chi connectivity index (χ1n) is 12.3. The highest BCUT2D eigenvalue weighted by atomic mass is 16.5. The van der Waals surface area contributed by atoms with E-state index >= 15 is 0 Å². The van der Waals surface area contributed by atoms with Gasteiger partial charge in [0, 0.05) is 48.3 Å². The van der Waals surface area contributed by atoms with E-state index in [9.17, 15) is 9.59 Å². The van der Waals surface area contributed by atoms with E-state index < -0.39 is 0 Å². The summed E-state index contributed by atoms with van der Waals surface area (Å²) in [7, 11) is 1.60. The topological polar surface area (TPSA) is 63.6 Å². The standard InChI is InChI=1S/C30H33N3O3/c1-22(2)32(20-23-10-5-4-6-11-23)19-9-18-31-29(34)28-21-33(24-14-16-25(36-3)17-15-24)30(35)27-13-8-7-12-26(27)28/h4-8,10-17,21-22H,9,18-20H2,1-3H3,(H,31,34). The summed E-state index contributed by atoms with van der Waals surface area (Å²) in [6, 6.07) is 25.3. The van der Waals surface area contributed by atoms with Crippen molar-refractivity contribution < 1.29 is 9.53 Å². The number of rotatable bonds is 10. The van der Waals surface area contributed by atoms with Crippen LogP contribution in [0.2, 0.25) is 0 Å². The number of amides is 1. The zero-order valence-electron chi connectivity index (χ0n) is 21.1. The minimum absolute atomic E-state index is 0.166. The first-order valence-corrected chi connectivity index (χ1v) is 12.3. The zero-order valence-corrected chi connectivity index (χ0v) is 21.1. The molecule has 0 aliphatic rings. The highest BCUT2D eigenvalue weighted by Crippen LogP contribution is 2.19. The van der Waals surface area contributed by atoms with Gasteiger partial charge < -0.3 is 10.1 Å². The first-order chi connectivity index (χ1) is 17.5. The van der Waals surface area contributed by atoms with E-state index in [0.29, 0.717) is 40.4 Å². The van der Waals surface area contributed by atoms with Crippen LogP contribution in [0.4, 0.5) is 0 Å². The van der Waals surface area contributed by atoms with Gasteiger partial charge in [0.15, 0.2) is 0 Å². The Morgan fingerprint density at radius 2 is 1.61 bits per heavy atom. The third-order valence-corrected chi connectivity index (χ3v) is 6.39. The monoisotopic (exact) mass is 483 g/mol. The number of hydrogen-bond acceptors (Lipinski definition) is 4. The number of hydrogen-bond donors (Lipinski definition) is 1. The van der Waals surface area contributed by atoms with Crippen LogP contribution >= 0.6 is 0 Å². The van der Waals surface area contributed by atoms with Crippen LogP contribution in [0.3, 0.4) is 0 Å². The number of fused-ring (bicyclic) bond motifs is 1. The molecule has 0 fully saturated rings. The molecule has 36 heavy (non-hydrogen) atoms. The van der Waals surface area contributed by atoms with Gasteiger partial charge in [0.1, 0.15) is 5.75 Å². The summed E-state index contributed by atoms with van der Waals surface area (Å²) in [6.07, 6.45) is 2.46. The average Bonchev–Trinajstić information content (AvgIpc) is 2.91. The van der Waals surface area contributed by atoms with Gasteiger partial charge in [0.2, 0.25) is 0 Å². The van der Waals surface area contributed by atoms with Crippen LogP contribution in [0.1, 0.15) is 36.2 Å². The lowest BCUT2D eigenvalue weighted by Crippen LogP contribution is -2.34. The average molecular weight is 484 g/mol. The lowest BCUT2D eigenvalue weighted by atomic mass is 10.1. The quantitative estimate of drug-likeness (QED) is 0.322. The molecule has 0 atom stereocenters. The molecule has 0 aliphatic carbocycles. The van der Waals surface area contributed by atoms with Crippen molar-refractivity contribution in [3.8, 4) is 11.4 Å². The van der Waals surface area contributed by atoms with Crippen LogP contribution in [0.25, 0.3) is 16.5 Å². The number of carbonyl (C=O) groups is 1. The maximum absolute atomic E-state index is 13.3. The number of carbonyl (C=O) groups excluding carboxylic acids is 1. The number of ether oxygens (including phenoxy) is 1. The lowest BCUT2D eigenvalue weighted by molar-refractivity contribution is 0.0951. The largest absolute Gasteiger partial charge is 0.497 e. The Kier molecular flexibility index (Phi) is 8.18. The minimum Gasteiger partial charge on any atom is -0.497 e. The molecule has 6 nitrogen and oxygen atoms in total. The molecule has 3 aromatic carbocycles. The summed E-state index contributed by atoms with van der Waals surface area (Å²) in [4.78, 5) is 28.9. The highest BCUT2D eigenvalue weighted by Gasteiger charge is 2.16. The Balaban J connectivity index is 1.49. The van der Waals surface area contributed by atoms with E-state index in [-0.39, 0.29) is 11.5 Å². The number of nitrogens with one attached hydrogen (secondary N) is 1. The molecule has 0 unspecified atom stereocenters. The van der Waals surface area contributed by atoms with E-state index in [0.717, 1.165) is 19.5 Å². The second-order valence-corrected chi connectivity index (χ2v) is 9.12. The molecule has 6 heteroatoms. The number of methoxy groups -OCH3 is 1. The number of aromatic nitrogens is 1. The Morgan fingerprint density at radius 1 is 0.944 bits per heavy atom. The van der Waals surface area contributed by atoms with Gasteiger partial charge >= 0.3 is 0 Å². The molecule has 0 spiro atoms. The van der Waals surface area contributed by atoms with Crippen molar-refractivity contribution in [3.05, 3.63) is 107 Å². The van der Waals surface area contributed by atoms with Crippen LogP contribution in [0, 0.1) is 0 Å². The maximum Gasteiger partial charge on any atom is 0.262 e. The zero-order chi connectivity index (χ0) is 25.5. The Hall–Kier alpha value is -3.90. The predicted octanol–water partition coefficient (Wildman–Crippen LogP) is 5.03. The second kappa shape index (κ2) is 11.7. The number of benzene rings is 3. The van der Waals surface area contributed by atoms with Gasteiger partial charge in [-0.05, 0) is 56.2 Å². The van der Waals surface area contributed by atoms with Crippen LogP contribution in [0.5, 0.6) is 5.75 Å². The first kappa shape index (κ1) is 25.2. The van der Waals surface area contributed by atoms with Crippen LogP contribution in [-0.4, -0.2) is 41.6 Å². The molecule has 0 radical (unpaired) electrons. The molecule has 4 aromatic rings. The summed E-state index contributed by atoms with van der Waals surface area (Å²) >= 11 is 0. The van der Waals surface area contributed by atoms with Crippen LogP contribution in [-0.2, 0) is 6.54 Å². The molecule has 1 heterocycles. The van der Waals surface area contributed by atoms with Crippen molar-refractivity contribution in [2.45, 2.75) is 32.9 Å². The smallest absolute Gasteiger partial charge is 0.262 e. The normalized spacial score (nSPS) is 11.2. The summed E-state index contributed by atoms with van der Waals surface area (Å²) in [5.74, 6) is 0.515. The van der Waals surface area contributed by atoms with Crippen molar-refractivity contribution >= 4 is 16.7 Å². The van der Waals surface area contributed by atoms with E-state index in [1.165, 1.54) is 10.1 Å². The second-order valence-electron chi connectivity index (χ2n) is 9.12. The molecule has 0 bridgehead atoms. The molecule has 0 saturated carbocycles. The van der Waals surface area contributed by atoms with Crippen molar-refractivity contribution in [2.24, 2.45) is 0 Å². The maximum atomic E-state index is 13.3. The molecule has 1 aromatic heterocycles.